The van der Waals surface area contributed by atoms with Gasteiger partial charge in [-0.3, -0.25) is 9.69 Å². The largest absolute Gasteiger partial charge is 0.494 e. The number of morpholine rings is 1. The van der Waals surface area contributed by atoms with Crippen molar-refractivity contribution in [1.29, 1.82) is 0 Å². The molecular weight excluding hydrogens is 572 g/mol. The van der Waals surface area contributed by atoms with Crippen LogP contribution in [0.5, 0.6) is 5.75 Å². The Bertz CT molecular complexity index is 1750. The Morgan fingerprint density at radius 3 is 2.51 bits per heavy atom. The third-order valence-electron chi connectivity index (χ3n) is 7.65. The number of amides is 1. The summed E-state index contributed by atoms with van der Waals surface area (Å²) >= 11 is 0. The summed E-state index contributed by atoms with van der Waals surface area (Å²) in [4.78, 5) is 23.8. The summed E-state index contributed by atoms with van der Waals surface area (Å²) in [6, 6.07) is 17.0. The van der Waals surface area contributed by atoms with Crippen molar-refractivity contribution in [3.05, 3.63) is 72.4 Å². The van der Waals surface area contributed by atoms with E-state index >= 15 is 0 Å². The van der Waals surface area contributed by atoms with Crippen LogP contribution in [0.3, 0.4) is 0 Å². The quantitative estimate of drug-likeness (QED) is 0.215. The number of benzene rings is 2. The minimum atomic E-state index is -0.187. The van der Waals surface area contributed by atoms with Gasteiger partial charge in [0.15, 0.2) is 5.65 Å². The van der Waals surface area contributed by atoms with Crippen LogP contribution in [0.25, 0.3) is 28.0 Å². The topological polar surface area (TPSA) is 146 Å². The van der Waals surface area contributed by atoms with Crippen molar-refractivity contribution in [2.24, 2.45) is 0 Å². The molecule has 12 nitrogen and oxygen atoms in total. The second-order valence-electron chi connectivity index (χ2n) is 12.1. The lowest BCUT2D eigenvalue weighted by molar-refractivity contribution is -0.115. The van der Waals surface area contributed by atoms with Crippen LogP contribution >= 0.6 is 0 Å². The van der Waals surface area contributed by atoms with Gasteiger partial charge in [0.1, 0.15) is 29.3 Å². The van der Waals surface area contributed by atoms with Crippen LogP contribution in [0.4, 0.5) is 11.5 Å². The van der Waals surface area contributed by atoms with Crippen molar-refractivity contribution < 1.29 is 18.8 Å². The van der Waals surface area contributed by atoms with E-state index in [0.717, 1.165) is 62.0 Å². The molecule has 0 radical (unpaired) electrons. The Labute approximate surface area is 261 Å². The molecule has 45 heavy (non-hydrogen) atoms. The Balaban J connectivity index is 1.13. The van der Waals surface area contributed by atoms with Gasteiger partial charge < -0.3 is 25.0 Å². The van der Waals surface area contributed by atoms with Crippen molar-refractivity contribution in [2.75, 3.05) is 50.5 Å². The van der Waals surface area contributed by atoms with Crippen LogP contribution < -0.4 is 15.8 Å². The summed E-state index contributed by atoms with van der Waals surface area (Å²) in [5.41, 5.74) is 10.3. The number of nitrogen functional groups attached to an aromatic ring is 1. The van der Waals surface area contributed by atoms with Crippen molar-refractivity contribution in [1.82, 2.24) is 29.8 Å². The molecule has 0 saturated carbocycles. The highest BCUT2D eigenvalue weighted by Gasteiger charge is 2.21. The first kappa shape index (κ1) is 30.2. The van der Waals surface area contributed by atoms with E-state index in [2.05, 4.69) is 25.3 Å². The highest BCUT2D eigenvalue weighted by Crippen LogP contribution is 2.33. The number of carbonyl (C=O) groups is 1. The first-order chi connectivity index (χ1) is 21.7. The molecule has 6 rings (SSSR count). The van der Waals surface area contributed by atoms with E-state index in [1.165, 1.54) is 6.33 Å². The molecule has 0 unspecified atom stereocenters. The number of nitrogens with one attached hydrogen (secondary N) is 1. The average Bonchev–Trinajstić information content (AvgIpc) is 3.67. The number of hydrogen-bond acceptors (Lipinski definition) is 10. The fraction of sp³-hybridized carbons (Fsp3) is 0.364. The van der Waals surface area contributed by atoms with Gasteiger partial charge in [-0.25, -0.2) is 14.6 Å². The van der Waals surface area contributed by atoms with Gasteiger partial charge in [0.05, 0.1) is 43.0 Å². The molecule has 1 saturated heterocycles. The number of carbonyl (C=O) groups excluding carboxylic acids is 1. The summed E-state index contributed by atoms with van der Waals surface area (Å²) in [5.74, 6) is 1.69. The fourth-order valence-electron chi connectivity index (χ4n) is 5.17. The monoisotopic (exact) mass is 610 g/mol. The number of nitrogens with zero attached hydrogens (tertiary/aromatic N) is 6. The molecule has 1 aliphatic heterocycles. The number of nitrogens with two attached hydrogens (primary N) is 1. The molecular formula is C33H38N8O4. The van der Waals surface area contributed by atoms with Gasteiger partial charge >= 0.3 is 0 Å². The Morgan fingerprint density at radius 1 is 1.04 bits per heavy atom. The molecule has 0 atom stereocenters. The number of fused-ring (bicyclic) bond motifs is 1. The van der Waals surface area contributed by atoms with Crippen molar-refractivity contribution in [3.63, 3.8) is 0 Å². The van der Waals surface area contributed by atoms with Gasteiger partial charge in [0.2, 0.25) is 5.91 Å². The van der Waals surface area contributed by atoms with Crippen molar-refractivity contribution in [3.8, 4) is 22.7 Å². The Morgan fingerprint density at radius 2 is 1.80 bits per heavy atom. The maximum atomic E-state index is 12.7. The van der Waals surface area contributed by atoms with Gasteiger partial charge in [-0.2, -0.15) is 5.10 Å². The summed E-state index contributed by atoms with van der Waals surface area (Å²) in [6.07, 6.45) is 2.49. The minimum absolute atomic E-state index is 0.114. The molecule has 0 spiro atoms. The smallest absolute Gasteiger partial charge is 0.230 e. The molecule has 234 valence electrons. The predicted molar refractivity (Wildman–Crippen MR) is 171 cm³/mol. The van der Waals surface area contributed by atoms with Crippen molar-refractivity contribution >= 4 is 28.4 Å². The SMILES string of the molecule is CC(C)(C)c1cc(CC(=O)Nc2ccc(-n3nc(-c4ccc(OCCCN5CCOCC5)cc4)c4c(N)ncnc43)cc2)no1. The molecule has 2 aromatic carbocycles. The molecule has 1 amide bonds. The summed E-state index contributed by atoms with van der Waals surface area (Å²) in [7, 11) is 0. The maximum absolute atomic E-state index is 12.7. The number of anilines is 2. The van der Waals surface area contributed by atoms with E-state index in [1.807, 2.05) is 75.4 Å². The highest BCUT2D eigenvalue weighted by molar-refractivity contribution is 5.99. The summed E-state index contributed by atoms with van der Waals surface area (Å²) in [6.45, 7) is 11.3. The molecule has 5 aromatic rings. The van der Waals surface area contributed by atoms with Crippen LogP contribution in [-0.2, 0) is 21.4 Å². The van der Waals surface area contributed by atoms with E-state index in [9.17, 15) is 4.79 Å². The van der Waals surface area contributed by atoms with Gasteiger partial charge in [-0.15, -0.1) is 0 Å². The zero-order valence-electron chi connectivity index (χ0n) is 25.8. The molecule has 1 fully saturated rings. The molecule has 0 bridgehead atoms. The van der Waals surface area contributed by atoms with Crippen molar-refractivity contribution in [2.45, 2.75) is 39.0 Å². The number of rotatable bonds is 10. The fourth-order valence-corrected chi connectivity index (χ4v) is 5.17. The third-order valence-corrected chi connectivity index (χ3v) is 7.65. The zero-order chi connectivity index (χ0) is 31.4. The van der Waals surface area contributed by atoms with Crippen LogP contribution in [0.15, 0.2) is 65.4 Å². The third kappa shape index (κ3) is 7.13. The maximum Gasteiger partial charge on any atom is 0.230 e. The van der Waals surface area contributed by atoms with Gasteiger partial charge in [-0.1, -0.05) is 25.9 Å². The molecule has 12 heteroatoms. The molecule has 0 aliphatic carbocycles. The minimum Gasteiger partial charge on any atom is -0.494 e. The predicted octanol–water partition coefficient (Wildman–Crippen LogP) is 4.63. The number of ether oxygens (including phenoxy) is 2. The van der Waals surface area contributed by atoms with Gasteiger partial charge in [0.25, 0.3) is 0 Å². The first-order valence-electron chi connectivity index (χ1n) is 15.1. The second kappa shape index (κ2) is 13.0. The van der Waals surface area contributed by atoms with Crippen LogP contribution in [0.2, 0.25) is 0 Å². The van der Waals surface area contributed by atoms with Gasteiger partial charge in [-0.05, 0) is 55.0 Å². The van der Waals surface area contributed by atoms with Gasteiger partial charge in [0, 0.05) is 42.4 Å². The van der Waals surface area contributed by atoms with E-state index in [-0.39, 0.29) is 17.7 Å². The molecule has 4 heterocycles. The summed E-state index contributed by atoms with van der Waals surface area (Å²) in [5, 5.41) is 12.5. The lowest BCUT2D eigenvalue weighted by atomic mass is 9.93. The van der Waals surface area contributed by atoms with Crippen LogP contribution in [0, 0.1) is 0 Å². The number of aromatic nitrogens is 5. The Hall–Kier alpha value is -4.81. The molecule has 3 aromatic heterocycles. The van der Waals surface area contributed by atoms with E-state index in [4.69, 9.17) is 24.8 Å². The zero-order valence-corrected chi connectivity index (χ0v) is 25.8. The first-order valence-corrected chi connectivity index (χ1v) is 15.1. The molecule has 1 aliphatic rings. The van der Waals surface area contributed by atoms with E-state index in [1.54, 1.807) is 4.68 Å². The molecule has 3 N–H and O–H groups in total. The van der Waals surface area contributed by atoms with Crippen LogP contribution in [0.1, 0.15) is 38.6 Å². The average molecular weight is 611 g/mol. The lowest BCUT2D eigenvalue weighted by Gasteiger charge is -2.26. The normalized spacial score (nSPS) is 14.1. The van der Waals surface area contributed by atoms with E-state index in [0.29, 0.717) is 40.5 Å². The lowest BCUT2D eigenvalue weighted by Crippen LogP contribution is -2.37. The second-order valence-corrected chi connectivity index (χ2v) is 12.1. The van der Waals surface area contributed by atoms with Crippen LogP contribution in [-0.4, -0.2) is 75.2 Å². The number of hydrogen-bond donors (Lipinski definition) is 2. The van der Waals surface area contributed by atoms with E-state index < -0.39 is 0 Å². The summed E-state index contributed by atoms with van der Waals surface area (Å²) < 4.78 is 18.5. The Kier molecular flexibility index (Phi) is 8.76. The standard InChI is InChI=1S/C33H38N8O4/c1-33(2,3)27-19-24(39-45-27)20-28(42)37-23-7-9-25(10-8-23)41-32-29(31(34)35-21-36-32)30(38-41)22-5-11-26(12-6-22)44-16-4-13-40-14-17-43-18-15-40/h5-12,19,21H,4,13-18,20H2,1-3H3,(H,37,42)(H2,34,35,36). The highest BCUT2D eigenvalue weighted by atomic mass is 16.5.